The van der Waals surface area contributed by atoms with Crippen LogP contribution in [0.4, 0.5) is 0 Å². The number of carbonyl (C=O) groups excluding carboxylic acids is 2. The lowest BCUT2D eigenvalue weighted by Gasteiger charge is -2.09. The van der Waals surface area contributed by atoms with Crippen LogP contribution in [0.3, 0.4) is 0 Å². The molecule has 0 aliphatic rings. The topological polar surface area (TPSA) is 73.2 Å². The lowest BCUT2D eigenvalue weighted by molar-refractivity contribution is -0.124. The molecule has 1 N–H and O–H groups in total. The number of benzene rings is 1. The second-order valence-corrected chi connectivity index (χ2v) is 7.31. The predicted octanol–water partition coefficient (Wildman–Crippen LogP) is 3.52. The summed E-state index contributed by atoms with van der Waals surface area (Å²) in [5.74, 6) is -0.348. The van der Waals surface area contributed by atoms with Gasteiger partial charge in [0.05, 0.1) is 17.9 Å². The molecule has 0 spiro atoms. The fraction of sp³-hybridized carbons (Fsp3) is 0.450. The van der Waals surface area contributed by atoms with Gasteiger partial charge < -0.3 is 10.1 Å². The Kier molecular flexibility index (Phi) is 7.42. The standard InChI is InChI=1S/C20H26ClN3O3/c1-13(2)9-10-22-18(25)12-27-20(26)19-14(3)23-24(15(19)4)11-16-7-5-6-8-17(16)21/h5-8,13H,9-12H2,1-4H3,(H,22,25). The van der Waals surface area contributed by atoms with Crippen molar-refractivity contribution in [2.24, 2.45) is 5.92 Å². The number of halogens is 1. The first-order valence-corrected chi connectivity index (χ1v) is 9.38. The van der Waals surface area contributed by atoms with Crippen molar-refractivity contribution in [3.63, 3.8) is 0 Å². The third kappa shape index (κ3) is 5.82. The lowest BCUT2D eigenvalue weighted by Crippen LogP contribution is -2.30. The summed E-state index contributed by atoms with van der Waals surface area (Å²) in [6.07, 6.45) is 0.882. The number of aryl methyl sites for hydroxylation is 1. The first kappa shape index (κ1) is 21.0. The number of hydrogen-bond acceptors (Lipinski definition) is 4. The third-order valence-electron chi connectivity index (χ3n) is 4.24. The minimum absolute atomic E-state index is 0.300. The van der Waals surface area contributed by atoms with Gasteiger partial charge in [0.2, 0.25) is 0 Å². The van der Waals surface area contributed by atoms with Crippen molar-refractivity contribution in [3.8, 4) is 0 Å². The molecule has 0 aliphatic carbocycles. The number of hydrogen-bond donors (Lipinski definition) is 1. The smallest absolute Gasteiger partial charge is 0.342 e. The maximum Gasteiger partial charge on any atom is 0.342 e. The van der Waals surface area contributed by atoms with Crippen LogP contribution in [0, 0.1) is 19.8 Å². The van der Waals surface area contributed by atoms with Gasteiger partial charge >= 0.3 is 5.97 Å². The highest BCUT2D eigenvalue weighted by Gasteiger charge is 2.21. The number of nitrogens with one attached hydrogen (secondary N) is 1. The van der Waals surface area contributed by atoms with Crippen molar-refractivity contribution in [2.45, 2.75) is 40.7 Å². The Hall–Kier alpha value is -2.34. The Morgan fingerprint density at radius 1 is 1.26 bits per heavy atom. The van der Waals surface area contributed by atoms with Crippen LogP contribution in [0.15, 0.2) is 24.3 Å². The molecule has 2 aromatic rings. The van der Waals surface area contributed by atoms with E-state index in [0.29, 0.717) is 41.0 Å². The van der Waals surface area contributed by atoms with Gasteiger partial charge in [-0.25, -0.2) is 4.79 Å². The molecular weight excluding hydrogens is 366 g/mol. The van der Waals surface area contributed by atoms with Crippen LogP contribution in [-0.4, -0.2) is 34.8 Å². The number of amides is 1. The molecule has 1 amide bonds. The van der Waals surface area contributed by atoms with Crippen LogP contribution in [0.1, 0.15) is 47.6 Å². The molecule has 1 aromatic carbocycles. The summed E-state index contributed by atoms with van der Waals surface area (Å²) in [6, 6.07) is 7.50. The van der Waals surface area contributed by atoms with E-state index in [0.717, 1.165) is 12.0 Å². The Balaban J connectivity index is 2.00. The number of rotatable bonds is 8. The van der Waals surface area contributed by atoms with Gasteiger partial charge in [-0.3, -0.25) is 9.48 Å². The second kappa shape index (κ2) is 9.55. The van der Waals surface area contributed by atoms with Crippen molar-refractivity contribution in [3.05, 3.63) is 51.8 Å². The average Bonchev–Trinajstić information content (AvgIpc) is 2.88. The van der Waals surface area contributed by atoms with Crippen LogP contribution in [0.2, 0.25) is 5.02 Å². The molecule has 0 fully saturated rings. The van der Waals surface area contributed by atoms with Gasteiger partial charge in [-0.1, -0.05) is 43.6 Å². The zero-order valence-electron chi connectivity index (χ0n) is 16.2. The quantitative estimate of drug-likeness (QED) is 0.699. The fourth-order valence-corrected chi connectivity index (χ4v) is 2.88. The summed E-state index contributed by atoms with van der Waals surface area (Å²) in [7, 11) is 0. The highest BCUT2D eigenvalue weighted by molar-refractivity contribution is 6.31. The summed E-state index contributed by atoms with van der Waals surface area (Å²) in [5, 5.41) is 7.81. The average molecular weight is 392 g/mol. The number of carbonyl (C=O) groups is 2. The predicted molar refractivity (Wildman–Crippen MR) is 105 cm³/mol. The van der Waals surface area contributed by atoms with Crippen molar-refractivity contribution in [1.29, 1.82) is 0 Å². The fourth-order valence-electron chi connectivity index (χ4n) is 2.69. The number of ether oxygens (including phenoxy) is 1. The van der Waals surface area contributed by atoms with Gasteiger partial charge in [0, 0.05) is 11.6 Å². The number of aromatic nitrogens is 2. The van der Waals surface area contributed by atoms with Gasteiger partial charge in [-0.15, -0.1) is 0 Å². The largest absolute Gasteiger partial charge is 0.452 e. The molecule has 0 atom stereocenters. The molecule has 0 unspecified atom stereocenters. The maximum absolute atomic E-state index is 12.4. The molecule has 0 saturated heterocycles. The summed E-state index contributed by atoms with van der Waals surface area (Å²) in [5.41, 5.74) is 2.54. The van der Waals surface area contributed by atoms with Crippen LogP contribution in [0.25, 0.3) is 0 Å². The van der Waals surface area contributed by atoms with Crippen molar-refractivity contribution in [1.82, 2.24) is 15.1 Å². The van der Waals surface area contributed by atoms with E-state index < -0.39 is 5.97 Å². The molecule has 0 saturated carbocycles. The molecule has 2 rings (SSSR count). The molecule has 0 radical (unpaired) electrons. The van der Waals surface area contributed by atoms with Gasteiger partial charge in [0.15, 0.2) is 6.61 Å². The monoisotopic (exact) mass is 391 g/mol. The van der Waals surface area contributed by atoms with Gasteiger partial charge in [0.25, 0.3) is 5.91 Å². The molecule has 6 nitrogen and oxygen atoms in total. The molecular formula is C20H26ClN3O3. The van der Waals surface area contributed by atoms with Crippen LogP contribution in [-0.2, 0) is 16.1 Å². The van der Waals surface area contributed by atoms with E-state index in [1.807, 2.05) is 24.3 Å². The zero-order chi connectivity index (χ0) is 20.0. The van der Waals surface area contributed by atoms with Crippen molar-refractivity contribution in [2.75, 3.05) is 13.2 Å². The Labute approximate surface area is 164 Å². The normalized spacial score (nSPS) is 10.9. The first-order valence-electron chi connectivity index (χ1n) is 9.00. The Morgan fingerprint density at radius 2 is 1.96 bits per heavy atom. The van der Waals surface area contributed by atoms with E-state index in [1.165, 1.54) is 0 Å². The van der Waals surface area contributed by atoms with Crippen LogP contribution >= 0.6 is 11.6 Å². The van der Waals surface area contributed by atoms with Gasteiger partial charge in [-0.2, -0.15) is 5.10 Å². The number of nitrogens with zero attached hydrogens (tertiary/aromatic N) is 2. The van der Waals surface area contributed by atoms with Gasteiger partial charge in [0.1, 0.15) is 5.56 Å². The van der Waals surface area contributed by atoms with Crippen LogP contribution in [0.5, 0.6) is 0 Å². The van der Waals surface area contributed by atoms with Crippen LogP contribution < -0.4 is 5.32 Å². The molecule has 27 heavy (non-hydrogen) atoms. The summed E-state index contributed by atoms with van der Waals surface area (Å²) in [4.78, 5) is 24.2. The molecule has 7 heteroatoms. The van der Waals surface area contributed by atoms with E-state index in [1.54, 1.807) is 18.5 Å². The SMILES string of the molecule is Cc1nn(Cc2ccccc2Cl)c(C)c1C(=O)OCC(=O)NCCC(C)C. The lowest BCUT2D eigenvalue weighted by atomic mass is 10.1. The number of esters is 1. The van der Waals surface area contributed by atoms with E-state index in [4.69, 9.17) is 16.3 Å². The Bertz CT molecular complexity index is 815. The molecule has 146 valence electrons. The summed E-state index contributed by atoms with van der Waals surface area (Å²) < 4.78 is 6.88. The van der Waals surface area contributed by atoms with E-state index >= 15 is 0 Å². The maximum atomic E-state index is 12.4. The summed E-state index contributed by atoms with van der Waals surface area (Å²) in [6.45, 7) is 8.43. The third-order valence-corrected chi connectivity index (χ3v) is 4.61. The van der Waals surface area contributed by atoms with E-state index in [2.05, 4.69) is 24.3 Å². The minimum atomic E-state index is -0.547. The van der Waals surface area contributed by atoms with Crippen molar-refractivity contribution < 1.29 is 14.3 Å². The Morgan fingerprint density at radius 3 is 2.63 bits per heavy atom. The molecule has 1 aromatic heterocycles. The van der Waals surface area contributed by atoms with Gasteiger partial charge in [-0.05, 0) is 37.8 Å². The van der Waals surface area contributed by atoms with Crippen molar-refractivity contribution >= 4 is 23.5 Å². The first-order chi connectivity index (χ1) is 12.8. The molecule has 1 heterocycles. The zero-order valence-corrected chi connectivity index (χ0v) is 17.0. The highest BCUT2D eigenvalue weighted by Crippen LogP contribution is 2.20. The second-order valence-electron chi connectivity index (χ2n) is 6.90. The minimum Gasteiger partial charge on any atom is -0.452 e. The van der Waals surface area contributed by atoms with E-state index in [-0.39, 0.29) is 12.5 Å². The molecule has 0 bridgehead atoms. The highest BCUT2D eigenvalue weighted by atomic mass is 35.5. The van der Waals surface area contributed by atoms with E-state index in [9.17, 15) is 9.59 Å². The summed E-state index contributed by atoms with van der Waals surface area (Å²) >= 11 is 6.20. The molecule has 0 aliphatic heterocycles.